The lowest BCUT2D eigenvalue weighted by Crippen LogP contribution is -2.28. The van der Waals surface area contributed by atoms with E-state index >= 15 is 0 Å². The number of hydrogen-bond acceptors (Lipinski definition) is 3. The molecular formula is C8H7N3O2. The zero-order valence-electron chi connectivity index (χ0n) is 6.94. The number of H-pyrrole nitrogens is 1. The van der Waals surface area contributed by atoms with Crippen molar-refractivity contribution in [2.24, 2.45) is 0 Å². The van der Waals surface area contributed by atoms with Crippen molar-refractivity contribution in [3.05, 3.63) is 44.9 Å². The molecule has 5 heteroatoms. The van der Waals surface area contributed by atoms with Gasteiger partial charge in [0.2, 0.25) is 0 Å². The lowest BCUT2D eigenvalue weighted by Gasteiger charge is -1.98. The zero-order valence-corrected chi connectivity index (χ0v) is 6.94. The van der Waals surface area contributed by atoms with Crippen LogP contribution in [0.1, 0.15) is 5.56 Å². The van der Waals surface area contributed by atoms with E-state index in [-0.39, 0.29) is 0 Å². The Morgan fingerprint density at radius 2 is 2.15 bits per heavy atom. The third kappa shape index (κ3) is 1.24. The van der Waals surface area contributed by atoms with Crippen LogP contribution in [-0.2, 0) is 0 Å². The van der Waals surface area contributed by atoms with Crippen molar-refractivity contribution in [3.63, 3.8) is 0 Å². The van der Waals surface area contributed by atoms with Gasteiger partial charge in [-0.15, -0.1) is 0 Å². The Labute approximate surface area is 72.7 Å². The Bertz CT molecular complexity index is 567. The molecule has 0 aliphatic rings. The Kier molecular flexibility index (Phi) is 1.51. The van der Waals surface area contributed by atoms with Crippen LogP contribution in [0.3, 0.4) is 0 Å². The molecule has 2 aromatic rings. The van der Waals surface area contributed by atoms with Gasteiger partial charge in [0.25, 0.3) is 0 Å². The van der Waals surface area contributed by atoms with Crippen LogP contribution in [0.25, 0.3) is 5.65 Å². The Hall–Kier alpha value is -1.91. The van der Waals surface area contributed by atoms with E-state index in [1.165, 1.54) is 4.40 Å². The number of aryl methyl sites for hydroxylation is 1. The first-order valence-corrected chi connectivity index (χ1v) is 3.76. The first-order valence-electron chi connectivity index (χ1n) is 3.76. The van der Waals surface area contributed by atoms with Gasteiger partial charge in [-0.2, -0.15) is 4.98 Å². The molecule has 0 saturated carbocycles. The van der Waals surface area contributed by atoms with Crippen molar-refractivity contribution in [2.45, 2.75) is 6.92 Å². The standard InChI is InChI=1S/C8H7N3O2/c1-5-2-3-6-9-7(12)10-8(13)11(6)4-5/h2-4H,1H3,(H,10,12,13). The predicted molar refractivity (Wildman–Crippen MR) is 46.8 cm³/mol. The maximum atomic E-state index is 11.2. The summed E-state index contributed by atoms with van der Waals surface area (Å²) in [5.41, 5.74) is 0.218. The number of fused-ring (bicyclic) bond motifs is 1. The van der Waals surface area contributed by atoms with E-state index in [1.54, 1.807) is 18.3 Å². The minimum Gasteiger partial charge on any atom is -0.257 e. The topological polar surface area (TPSA) is 67.2 Å². The van der Waals surface area contributed by atoms with Crippen LogP contribution in [0, 0.1) is 6.92 Å². The van der Waals surface area contributed by atoms with E-state index in [0.717, 1.165) is 5.56 Å². The summed E-state index contributed by atoms with van der Waals surface area (Å²) in [6, 6.07) is 3.42. The van der Waals surface area contributed by atoms with E-state index in [2.05, 4.69) is 9.97 Å². The normalized spacial score (nSPS) is 10.5. The summed E-state index contributed by atoms with van der Waals surface area (Å²) in [5, 5.41) is 0. The molecule has 0 radical (unpaired) electrons. The maximum Gasteiger partial charge on any atom is 0.351 e. The minimum absolute atomic E-state index is 0.361. The number of rotatable bonds is 0. The van der Waals surface area contributed by atoms with Gasteiger partial charge in [0.1, 0.15) is 5.65 Å². The summed E-state index contributed by atoms with van der Waals surface area (Å²) in [5.74, 6) is 0. The lowest BCUT2D eigenvalue weighted by atomic mass is 10.3. The molecule has 2 heterocycles. The molecule has 0 aliphatic carbocycles. The fourth-order valence-corrected chi connectivity index (χ4v) is 1.14. The summed E-state index contributed by atoms with van der Waals surface area (Å²) in [4.78, 5) is 27.7. The predicted octanol–water partition coefficient (Wildman–Crippen LogP) is -0.309. The van der Waals surface area contributed by atoms with Crippen LogP contribution in [-0.4, -0.2) is 14.4 Å². The molecule has 2 rings (SSSR count). The van der Waals surface area contributed by atoms with Gasteiger partial charge < -0.3 is 0 Å². The summed E-state index contributed by atoms with van der Waals surface area (Å²) in [6.07, 6.45) is 1.63. The van der Waals surface area contributed by atoms with Crippen LogP contribution >= 0.6 is 0 Å². The van der Waals surface area contributed by atoms with Crippen molar-refractivity contribution in [1.82, 2.24) is 14.4 Å². The molecule has 0 unspecified atom stereocenters. The largest absolute Gasteiger partial charge is 0.351 e. The molecule has 13 heavy (non-hydrogen) atoms. The van der Waals surface area contributed by atoms with Crippen LogP contribution in [0.5, 0.6) is 0 Å². The smallest absolute Gasteiger partial charge is 0.257 e. The van der Waals surface area contributed by atoms with Gasteiger partial charge in [-0.05, 0) is 18.6 Å². The van der Waals surface area contributed by atoms with E-state index in [9.17, 15) is 9.59 Å². The summed E-state index contributed by atoms with van der Waals surface area (Å²) in [6.45, 7) is 1.86. The number of aromatic nitrogens is 3. The minimum atomic E-state index is -0.617. The quantitative estimate of drug-likeness (QED) is 0.600. The lowest BCUT2D eigenvalue weighted by molar-refractivity contribution is 0.899. The first-order chi connectivity index (χ1) is 6.16. The molecule has 5 nitrogen and oxygen atoms in total. The van der Waals surface area contributed by atoms with E-state index in [4.69, 9.17) is 0 Å². The number of aromatic amines is 1. The molecule has 1 N–H and O–H groups in total. The number of nitrogens with one attached hydrogen (secondary N) is 1. The summed E-state index contributed by atoms with van der Waals surface area (Å²) >= 11 is 0. The SMILES string of the molecule is Cc1ccc2nc(=O)[nH]c(=O)n2c1. The molecule has 2 aromatic heterocycles. The second kappa shape index (κ2) is 2.55. The molecule has 0 bridgehead atoms. The number of pyridine rings is 1. The van der Waals surface area contributed by atoms with Crippen molar-refractivity contribution < 1.29 is 0 Å². The molecule has 0 fully saturated rings. The van der Waals surface area contributed by atoms with Gasteiger partial charge in [0, 0.05) is 6.20 Å². The molecule has 0 aliphatic heterocycles. The number of nitrogens with zero attached hydrogens (tertiary/aromatic N) is 2. The first kappa shape index (κ1) is 7.72. The number of hydrogen-bond donors (Lipinski definition) is 1. The molecule has 0 amide bonds. The van der Waals surface area contributed by atoms with Crippen LogP contribution in [0.4, 0.5) is 0 Å². The molecule has 0 spiro atoms. The average Bonchev–Trinajstić information content (AvgIpc) is 2.06. The third-order valence-corrected chi connectivity index (χ3v) is 1.72. The molecule has 0 atom stereocenters. The highest BCUT2D eigenvalue weighted by Crippen LogP contribution is 1.97. The fourth-order valence-electron chi connectivity index (χ4n) is 1.14. The van der Waals surface area contributed by atoms with E-state index in [1.807, 2.05) is 6.92 Å². The van der Waals surface area contributed by atoms with Gasteiger partial charge in [0.05, 0.1) is 0 Å². The zero-order chi connectivity index (χ0) is 9.42. The Balaban J connectivity index is 3.04. The van der Waals surface area contributed by atoms with Gasteiger partial charge in [0.15, 0.2) is 0 Å². The highest BCUT2D eigenvalue weighted by atomic mass is 16.2. The van der Waals surface area contributed by atoms with Crippen LogP contribution in [0.15, 0.2) is 27.9 Å². The van der Waals surface area contributed by atoms with Gasteiger partial charge >= 0.3 is 11.4 Å². The van der Waals surface area contributed by atoms with Crippen molar-refractivity contribution in [2.75, 3.05) is 0 Å². The monoisotopic (exact) mass is 177 g/mol. The fraction of sp³-hybridized carbons (Fsp3) is 0.125. The summed E-state index contributed by atoms with van der Waals surface area (Å²) < 4.78 is 1.30. The van der Waals surface area contributed by atoms with E-state index < -0.39 is 11.4 Å². The van der Waals surface area contributed by atoms with Gasteiger partial charge in [-0.3, -0.25) is 9.38 Å². The maximum absolute atomic E-state index is 11.2. The van der Waals surface area contributed by atoms with E-state index in [0.29, 0.717) is 5.65 Å². The third-order valence-electron chi connectivity index (χ3n) is 1.72. The second-order valence-corrected chi connectivity index (χ2v) is 2.78. The Morgan fingerprint density at radius 3 is 2.92 bits per heavy atom. The second-order valence-electron chi connectivity index (χ2n) is 2.78. The molecule has 0 aromatic carbocycles. The molecule has 66 valence electrons. The van der Waals surface area contributed by atoms with Gasteiger partial charge in [-0.25, -0.2) is 9.59 Å². The average molecular weight is 177 g/mol. The van der Waals surface area contributed by atoms with Gasteiger partial charge in [-0.1, -0.05) is 6.07 Å². The highest BCUT2D eigenvalue weighted by molar-refractivity contribution is 5.37. The molecule has 0 saturated heterocycles. The van der Waals surface area contributed by atoms with Crippen molar-refractivity contribution in [1.29, 1.82) is 0 Å². The summed E-state index contributed by atoms with van der Waals surface area (Å²) in [7, 11) is 0. The Morgan fingerprint density at radius 1 is 1.38 bits per heavy atom. The van der Waals surface area contributed by atoms with Crippen molar-refractivity contribution >= 4 is 5.65 Å². The van der Waals surface area contributed by atoms with Crippen LogP contribution in [0.2, 0.25) is 0 Å². The van der Waals surface area contributed by atoms with Crippen molar-refractivity contribution in [3.8, 4) is 0 Å². The van der Waals surface area contributed by atoms with Crippen LogP contribution < -0.4 is 11.4 Å². The molecular weight excluding hydrogens is 170 g/mol. The highest BCUT2D eigenvalue weighted by Gasteiger charge is 1.97.